The summed E-state index contributed by atoms with van der Waals surface area (Å²) >= 11 is 11.1. The van der Waals surface area contributed by atoms with Gasteiger partial charge in [0.2, 0.25) is 5.91 Å². The molecule has 0 N–H and O–H groups in total. The lowest BCUT2D eigenvalue weighted by Gasteiger charge is -2.34. The van der Waals surface area contributed by atoms with Crippen molar-refractivity contribution in [3.8, 4) is 6.07 Å². The minimum Gasteiger partial charge on any atom is -0.494 e. The van der Waals surface area contributed by atoms with Crippen LogP contribution in [0.25, 0.3) is 0 Å². The van der Waals surface area contributed by atoms with Crippen molar-refractivity contribution in [3.63, 3.8) is 0 Å². The summed E-state index contributed by atoms with van der Waals surface area (Å²) in [6.45, 7) is 5.13. The van der Waals surface area contributed by atoms with Gasteiger partial charge in [-0.1, -0.05) is 17.7 Å². The minimum absolute atomic E-state index is 0.0367. The Morgan fingerprint density at radius 2 is 2.09 bits per heavy atom. The average Bonchev–Trinajstić information content (AvgIpc) is 3.01. The number of ether oxygens (including phenoxy) is 1. The molecule has 4 rings (SSSR count). The van der Waals surface area contributed by atoms with Gasteiger partial charge in [0.1, 0.15) is 11.3 Å². The number of aromatic nitrogens is 1. The maximum Gasteiger partial charge on any atom is 0.245 e. The van der Waals surface area contributed by atoms with E-state index in [0.717, 1.165) is 18.6 Å². The summed E-state index contributed by atoms with van der Waals surface area (Å²) in [4.78, 5) is 21.3. The number of carbonyl (C=O) groups is 1. The molecule has 4 atom stereocenters. The average molecular weight is 499 g/mol. The molecular weight excluding hydrogens is 468 g/mol. The van der Waals surface area contributed by atoms with Gasteiger partial charge >= 0.3 is 0 Å². The van der Waals surface area contributed by atoms with E-state index in [0.29, 0.717) is 36.9 Å². The van der Waals surface area contributed by atoms with Crippen LogP contribution in [-0.4, -0.2) is 50.9 Å². The summed E-state index contributed by atoms with van der Waals surface area (Å²) in [6, 6.07) is 6.18. The fraction of sp³-hybridized carbons (Fsp3) is 0.500. The molecule has 8 heteroatoms. The van der Waals surface area contributed by atoms with Gasteiger partial charge in [0.05, 0.1) is 30.2 Å². The molecule has 34 heavy (non-hydrogen) atoms. The first-order valence-electron chi connectivity index (χ1n) is 11.8. The van der Waals surface area contributed by atoms with E-state index in [-0.39, 0.29) is 23.4 Å². The van der Waals surface area contributed by atoms with Gasteiger partial charge in [0.25, 0.3) is 0 Å². The second-order valence-electron chi connectivity index (χ2n) is 9.48. The van der Waals surface area contributed by atoms with E-state index in [9.17, 15) is 10.1 Å². The lowest BCUT2D eigenvalue weighted by molar-refractivity contribution is -0.133. The van der Waals surface area contributed by atoms with Crippen LogP contribution in [0.5, 0.6) is 0 Å². The number of amides is 1. The molecule has 0 bridgehead atoms. The molecule has 0 radical (unpaired) electrons. The first-order valence-corrected chi connectivity index (χ1v) is 12.7. The Morgan fingerprint density at radius 3 is 2.74 bits per heavy atom. The number of hydrogen-bond acceptors (Lipinski definition) is 6. The van der Waals surface area contributed by atoms with Crippen LogP contribution in [0, 0.1) is 17.2 Å². The van der Waals surface area contributed by atoms with Crippen LogP contribution in [0.15, 0.2) is 59.6 Å². The van der Waals surface area contributed by atoms with E-state index < -0.39 is 5.54 Å². The molecule has 1 fully saturated rings. The zero-order chi connectivity index (χ0) is 24.3. The van der Waals surface area contributed by atoms with E-state index in [2.05, 4.69) is 28.1 Å². The van der Waals surface area contributed by atoms with Gasteiger partial charge in [0.15, 0.2) is 0 Å². The third-order valence-corrected chi connectivity index (χ3v) is 7.88. The van der Waals surface area contributed by atoms with Crippen molar-refractivity contribution in [1.29, 1.82) is 5.26 Å². The van der Waals surface area contributed by atoms with Gasteiger partial charge in [0, 0.05) is 29.9 Å². The molecule has 2 heterocycles. The predicted octanol–water partition coefficient (Wildman–Crippen LogP) is 4.98. The lowest BCUT2D eigenvalue weighted by Crippen LogP contribution is -2.45. The molecule has 180 valence electrons. The number of carbonyl (C=O) groups excluding carboxylic acids is 1. The summed E-state index contributed by atoms with van der Waals surface area (Å²) < 4.78 is 5.99. The third-order valence-electron chi connectivity index (χ3n) is 6.96. The fourth-order valence-electron chi connectivity index (χ4n) is 4.89. The van der Waals surface area contributed by atoms with E-state index in [1.165, 1.54) is 5.56 Å². The maximum atomic E-state index is 13.3. The van der Waals surface area contributed by atoms with Crippen molar-refractivity contribution in [2.45, 2.75) is 62.5 Å². The molecule has 0 spiro atoms. The second-order valence-corrected chi connectivity index (χ2v) is 10.4. The number of halogens is 1. The molecule has 1 aromatic rings. The molecule has 0 aromatic carbocycles. The molecule has 4 unspecified atom stereocenters. The number of thiol groups is 1. The van der Waals surface area contributed by atoms with E-state index in [1.54, 1.807) is 0 Å². The first-order chi connectivity index (χ1) is 16.3. The second kappa shape index (κ2) is 10.6. The van der Waals surface area contributed by atoms with Crippen LogP contribution >= 0.6 is 24.2 Å². The number of nitriles is 1. The summed E-state index contributed by atoms with van der Waals surface area (Å²) in [5.41, 5.74) is 0.242. The zero-order valence-corrected chi connectivity index (χ0v) is 21.3. The predicted molar refractivity (Wildman–Crippen MR) is 136 cm³/mol. The number of nitrogens with zero attached hydrogens (tertiary/aromatic N) is 4. The molecule has 1 amide bonds. The van der Waals surface area contributed by atoms with E-state index in [1.807, 2.05) is 55.4 Å². The van der Waals surface area contributed by atoms with Crippen molar-refractivity contribution in [1.82, 2.24) is 14.8 Å². The highest BCUT2D eigenvalue weighted by atomic mass is 35.5. The molecule has 1 saturated heterocycles. The molecule has 2 aliphatic carbocycles. The highest BCUT2D eigenvalue weighted by Gasteiger charge is 2.52. The van der Waals surface area contributed by atoms with Crippen molar-refractivity contribution in [2.75, 3.05) is 13.2 Å². The Morgan fingerprint density at radius 1 is 1.32 bits per heavy atom. The van der Waals surface area contributed by atoms with Gasteiger partial charge in [-0.05, 0) is 75.5 Å². The summed E-state index contributed by atoms with van der Waals surface area (Å²) in [6.07, 6.45) is 14.9. The fourth-order valence-corrected chi connectivity index (χ4v) is 5.88. The topological polar surface area (TPSA) is 69.5 Å². The van der Waals surface area contributed by atoms with Gasteiger partial charge in [-0.25, -0.2) is 0 Å². The molecular formula is C26H31ClN4O2S. The SMILES string of the molecule is CC1(C)C(=O)N(C2C=C(Cl)C(C#N)CC2)C(S)N1CCCOC1=CCC(c2ccncc2)C=C1. The molecule has 3 aliphatic rings. The zero-order valence-electron chi connectivity index (χ0n) is 19.6. The third kappa shape index (κ3) is 5.05. The summed E-state index contributed by atoms with van der Waals surface area (Å²) in [7, 11) is 0. The number of rotatable bonds is 7. The minimum atomic E-state index is -0.666. The van der Waals surface area contributed by atoms with Crippen LogP contribution in [0.2, 0.25) is 0 Å². The lowest BCUT2D eigenvalue weighted by atomic mass is 9.92. The van der Waals surface area contributed by atoms with Crippen LogP contribution in [-0.2, 0) is 9.53 Å². The first kappa shape index (κ1) is 24.8. The quantitative estimate of drug-likeness (QED) is 0.424. The normalized spacial score (nSPS) is 28.9. The van der Waals surface area contributed by atoms with Gasteiger partial charge in [-0.15, -0.1) is 12.6 Å². The summed E-state index contributed by atoms with van der Waals surface area (Å²) in [5, 5.41) is 9.75. The Labute approximate surface area is 212 Å². The van der Waals surface area contributed by atoms with Gasteiger partial charge in [-0.2, -0.15) is 5.26 Å². The monoisotopic (exact) mass is 498 g/mol. The molecule has 6 nitrogen and oxygen atoms in total. The van der Waals surface area contributed by atoms with E-state index in [4.69, 9.17) is 29.0 Å². The van der Waals surface area contributed by atoms with Crippen LogP contribution < -0.4 is 0 Å². The van der Waals surface area contributed by atoms with Crippen molar-refractivity contribution >= 4 is 30.1 Å². The van der Waals surface area contributed by atoms with Crippen LogP contribution in [0.3, 0.4) is 0 Å². The highest BCUT2D eigenvalue weighted by Crippen LogP contribution is 2.39. The van der Waals surface area contributed by atoms with Crippen LogP contribution in [0.4, 0.5) is 0 Å². The summed E-state index contributed by atoms with van der Waals surface area (Å²) in [5.74, 6) is 1.00. The number of hydrogen-bond donors (Lipinski definition) is 1. The Kier molecular flexibility index (Phi) is 7.71. The van der Waals surface area contributed by atoms with E-state index >= 15 is 0 Å². The van der Waals surface area contributed by atoms with Crippen molar-refractivity contribution in [2.24, 2.45) is 5.92 Å². The number of pyridine rings is 1. The maximum absolute atomic E-state index is 13.3. The van der Waals surface area contributed by atoms with Gasteiger partial charge < -0.3 is 9.64 Å². The smallest absolute Gasteiger partial charge is 0.245 e. The molecule has 1 aliphatic heterocycles. The standard InChI is InChI=1S/C26H31ClN4O2S/c1-26(2)24(32)31(21-7-4-20(17-28)23(27)16-21)25(34)30(26)14-3-15-33-22-8-5-18(6-9-22)19-10-12-29-13-11-19/h5,8-13,16,18,20-21,25,34H,3-4,6-7,14-15H2,1-2H3. The van der Waals surface area contributed by atoms with Crippen molar-refractivity contribution in [3.05, 3.63) is 65.2 Å². The largest absolute Gasteiger partial charge is 0.494 e. The van der Waals surface area contributed by atoms with Crippen LogP contribution in [0.1, 0.15) is 51.0 Å². The Hall–Kier alpha value is -2.27. The molecule has 0 saturated carbocycles. The number of allylic oxidation sites excluding steroid dienone is 4. The van der Waals surface area contributed by atoms with Gasteiger partial charge in [-0.3, -0.25) is 14.7 Å². The van der Waals surface area contributed by atoms with Crippen molar-refractivity contribution < 1.29 is 9.53 Å². The molecule has 1 aromatic heterocycles. The highest BCUT2D eigenvalue weighted by molar-refractivity contribution is 7.80. The Bertz CT molecular complexity index is 1030. The Balaban J connectivity index is 1.30.